The molecule has 5 heteroatoms. The smallest absolute Gasteiger partial charge is 0.135 e. The molecule has 5 nitrogen and oxygen atoms in total. The van der Waals surface area contributed by atoms with E-state index in [2.05, 4.69) is 34.4 Å². The zero-order valence-corrected chi connectivity index (χ0v) is 11.7. The van der Waals surface area contributed by atoms with E-state index in [1.165, 1.54) is 0 Å². The molecule has 1 aromatic heterocycles. The molecule has 0 aliphatic heterocycles. The van der Waals surface area contributed by atoms with E-state index in [0.717, 1.165) is 36.8 Å². The van der Waals surface area contributed by atoms with Crippen LogP contribution < -0.4 is 10.6 Å². The molecular formula is C13H24N4O. The standard InChI is InChI=1S/C13H24N4O/c1-9(2)13-16-11(14-4)8-12(17-13)15-7-5-6-10(3)18/h8-10,18H,5-7H2,1-4H3,(H2,14,15,16,17). The first kappa shape index (κ1) is 14.7. The monoisotopic (exact) mass is 252 g/mol. The van der Waals surface area contributed by atoms with E-state index in [9.17, 15) is 5.11 Å². The van der Waals surface area contributed by atoms with Crippen molar-refractivity contribution in [3.8, 4) is 0 Å². The SMILES string of the molecule is CNc1cc(NCCCC(C)O)nc(C(C)C)n1. The van der Waals surface area contributed by atoms with Crippen molar-refractivity contribution in [2.24, 2.45) is 0 Å². The van der Waals surface area contributed by atoms with E-state index in [4.69, 9.17) is 0 Å². The Balaban J connectivity index is 2.61. The number of aromatic nitrogens is 2. The van der Waals surface area contributed by atoms with Crippen LogP contribution in [0.4, 0.5) is 11.6 Å². The molecule has 0 fully saturated rings. The van der Waals surface area contributed by atoms with Gasteiger partial charge < -0.3 is 15.7 Å². The lowest BCUT2D eigenvalue weighted by Gasteiger charge is -2.11. The number of anilines is 2. The van der Waals surface area contributed by atoms with Gasteiger partial charge in [0.15, 0.2) is 0 Å². The van der Waals surface area contributed by atoms with Gasteiger partial charge in [0, 0.05) is 25.6 Å². The lowest BCUT2D eigenvalue weighted by Crippen LogP contribution is -2.10. The molecule has 0 spiro atoms. The van der Waals surface area contributed by atoms with Crippen LogP contribution in [0, 0.1) is 0 Å². The number of nitrogens with zero attached hydrogens (tertiary/aromatic N) is 2. The highest BCUT2D eigenvalue weighted by Gasteiger charge is 2.07. The Morgan fingerprint density at radius 3 is 2.44 bits per heavy atom. The van der Waals surface area contributed by atoms with Crippen molar-refractivity contribution in [2.75, 3.05) is 24.2 Å². The van der Waals surface area contributed by atoms with Crippen LogP contribution in [0.3, 0.4) is 0 Å². The molecule has 1 aromatic rings. The van der Waals surface area contributed by atoms with Crippen LogP contribution >= 0.6 is 0 Å². The fourth-order valence-corrected chi connectivity index (χ4v) is 1.56. The molecule has 1 atom stereocenters. The zero-order chi connectivity index (χ0) is 13.5. The molecule has 0 radical (unpaired) electrons. The molecule has 0 amide bonds. The minimum atomic E-state index is -0.240. The number of rotatable bonds is 7. The predicted octanol–water partition coefficient (Wildman–Crippen LogP) is 2.21. The van der Waals surface area contributed by atoms with Gasteiger partial charge in [-0.3, -0.25) is 0 Å². The van der Waals surface area contributed by atoms with Crippen molar-refractivity contribution in [3.63, 3.8) is 0 Å². The largest absolute Gasteiger partial charge is 0.393 e. The summed E-state index contributed by atoms with van der Waals surface area (Å²) < 4.78 is 0. The van der Waals surface area contributed by atoms with Gasteiger partial charge in [-0.25, -0.2) is 9.97 Å². The fraction of sp³-hybridized carbons (Fsp3) is 0.692. The first-order valence-electron chi connectivity index (χ1n) is 6.51. The third kappa shape index (κ3) is 4.87. The lowest BCUT2D eigenvalue weighted by molar-refractivity contribution is 0.183. The average molecular weight is 252 g/mol. The molecule has 3 N–H and O–H groups in total. The van der Waals surface area contributed by atoms with E-state index in [1.54, 1.807) is 6.92 Å². The van der Waals surface area contributed by atoms with Gasteiger partial charge in [-0.2, -0.15) is 0 Å². The summed E-state index contributed by atoms with van der Waals surface area (Å²) in [4.78, 5) is 8.88. The highest BCUT2D eigenvalue weighted by atomic mass is 16.3. The Bertz CT molecular complexity index is 366. The Morgan fingerprint density at radius 2 is 1.89 bits per heavy atom. The Hall–Kier alpha value is -1.36. The molecule has 1 unspecified atom stereocenters. The van der Waals surface area contributed by atoms with Crippen molar-refractivity contribution < 1.29 is 5.11 Å². The van der Waals surface area contributed by atoms with Crippen molar-refractivity contribution >= 4 is 11.6 Å². The number of nitrogens with one attached hydrogen (secondary N) is 2. The maximum atomic E-state index is 9.19. The van der Waals surface area contributed by atoms with Crippen molar-refractivity contribution in [2.45, 2.75) is 45.6 Å². The van der Waals surface area contributed by atoms with Crippen molar-refractivity contribution in [3.05, 3.63) is 11.9 Å². The molecule has 0 aromatic carbocycles. The summed E-state index contributed by atoms with van der Waals surface area (Å²) in [5.41, 5.74) is 0. The molecule has 1 rings (SSSR count). The van der Waals surface area contributed by atoms with Crippen LogP contribution in [0.2, 0.25) is 0 Å². The molecule has 0 aliphatic rings. The molecule has 102 valence electrons. The summed E-state index contributed by atoms with van der Waals surface area (Å²) in [5.74, 6) is 2.80. The van der Waals surface area contributed by atoms with Crippen LogP contribution in [-0.4, -0.2) is 34.8 Å². The summed E-state index contributed by atoms with van der Waals surface area (Å²) in [7, 11) is 1.85. The average Bonchev–Trinajstić information content (AvgIpc) is 2.34. The number of hydrogen-bond acceptors (Lipinski definition) is 5. The minimum absolute atomic E-state index is 0.240. The third-order valence-corrected chi connectivity index (χ3v) is 2.62. The van der Waals surface area contributed by atoms with Crippen LogP contribution in [0.25, 0.3) is 0 Å². The van der Waals surface area contributed by atoms with Gasteiger partial charge in [0.2, 0.25) is 0 Å². The van der Waals surface area contributed by atoms with Crippen LogP contribution in [0.1, 0.15) is 45.4 Å². The van der Waals surface area contributed by atoms with E-state index < -0.39 is 0 Å². The van der Waals surface area contributed by atoms with Crippen LogP contribution in [0.5, 0.6) is 0 Å². The van der Waals surface area contributed by atoms with E-state index in [0.29, 0.717) is 5.92 Å². The third-order valence-electron chi connectivity index (χ3n) is 2.62. The van der Waals surface area contributed by atoms with Gasteiger partial charge in [0.1, 0.15) is 17.5 Å². The van der Waals surface area contributed by atoms with E-state index >= 15 is 0 Å². The van der Waals surface area contributed by atoms with Gasteiger partial charge in [0.25, 0.3) is 0 Å². The van der Waals surface area contributed by atoms with Crippen molar-refractivity contribution in [1.82, 2.24) is 9.97 Å². The number of hydrogen-bond donors (Lipinski definition) is 3. The quantitative estimate of drug-likeness (QED) is 0.649. The maximum Gasteiger partial charge on any atom is 0.135 e. The second kappa shape index (κ2) is 7.16. The molecule has 0 saturated heterocycles. The normalized spacial score (nSPS) is 12.6. The summed E-state index contributed by atoms with van der Waals surface area (Å²) in [6, 6.07) is 1.90. The molecule has 18 heavy (non-hydrogen) atoms. The Morgan fingerprint density at radius 1 is 1.22 bits per heavy atom. The predicted molar refractivity (Wildman–Crippen MR) is 75.1 cm³/mol. The summed E-state index contributed by atoms with van der Waals surface area (Å²) in [6.07, 6.45) is 1.48. The van der Waals surface area contributed by atoms with Crippen LogP contribution in [-0.2, 0) is 0 Å². The Kier molecular flexibility index (Phi) is 5.85. The highest BCUT2D eigenvalue weighted by molar-refractivity contribution is 5.47. The topological polar surface area (TPSA) is 70.1 Å². The highest BCUT2D eigenvalue weighted by Crippen LogP contribution is 2.16. The van der Waals surface area contributed by atoms with E-state index in [-0.39, 0.29) is 6.10 Å². The Labute approximate surface area is 109 Å². The summed E-state index contributed by atoms with van der Waals surface area (Å²) >= 11 is 0. The van der Waals surface area contributed by atoms with Crippen LogP contribution in [0.15, 0.2) is 6.07 Å². The second-order valence-electron chi connectivity index (χ2n) is 4.82. The lowest BCUT2D eigenvalue weighted by atomic mass is 10.2. The fourth-order valence-electron chi connectivity index (χ4n) is 1.56. The minimum Gasteiger partial charge on any atom is -0.393 e. The maximum absolute atomic E-state index is 9.19. The number of aliphatic hydroxyl groups excluding tert-OH is 1. The van der Waals surface area contributed by atoms with Crippen molar-refractivity contribution in [1.29, 1.82) is 0 Å². The molecule has 0 aliphatic carbocycles. The molecular weight excluding hydrogens is 228 g/mol. The zero-order valence-electron chi connectivity index (χ0n) is 11.7. The molecule has 1 heterocycles. The molecule has 0 saturated carbocycles. The van der Waals surface area contributed by atoms with Gasteiger partial charge in [-0.15, -0.1) is 0 Å². The first-order chi connectivity index (χ1) is 8.52. The first-order valence-corrected chi connectivity index (χ1v) is 6.51. The number of aliphatic hydroxyl groups is 1. The van der Waals surface area contributed by atoms with Gasteiger partial charge >= 0.3 is 0 Å². The van der Waals surface area contributed by atoms with Gasteiger partial charge in [-0.05, 0) is 19.8 Å². The second-order valence-corrected chi connectivity index (χ2v) is 4.82. The van der Waals surface area contributed by atoms with Gasteiger partial charge in [0.05, 0.1) is 6.10 Å². The van der Waals surface area contributed by atoms with Gasteiger partial charge in [-0.1, -0.05) is 13.8 Å². The summed E-state index contributed by atoms with van der Waals surface area (Å²) in [6.45, 7) is 6.77. The molecule has 0 bridgehead atoms. The van der Waals surface area contributed by atoms with E-state index in [1.807, 2.05) is 13.1 Å². The summed E-state index contributed by atoms with van der Waals surface area (Å²) in [5, 5.41) is 15.5.